The van der Waals surface area contributed by atoms with Crippen LogP contribution in [0.25, 0.3) is 10.8 Å². The van der Waals surface area contributed by atoms with E-state index >= 15 is 0 Å². The predicted octanol–water partition coefficient (Wildman–Crippen LogP) is 5.13. The van der Waals surface area contributed by atoms with E-state index in [0.29, 0.717) is 11.3 Å². The van der Waals surface area contributed by atoms with E-state index in [4.69, 9.17) is 4.74 Å². The van der Waals surface area contributed by atoms with Crippen LogP contribution in [0.4, 0.5) is 10.5 Å². The number of ether oxygens (including phenoxy) is 1. The van der Waals surface area contributed by atoms with Gasteiger partial charge in [0.05, 0.1) is 0 Å². The Labute approximate surface area is 216 Å². The van der Waals surface area contributed by atoms with Gasteiger partial charge in [0.25, 0.3) is 5.91 Å². The Morgan fingerprint density at radius 1 is 0.973 bits per heavy atom. The van der Waals surface area contributed by atoms with Crippen LogP contribution in [-0.4, -0.2) is 45.6 Å². The number of carbonyl (C=O) groups is 3. The van der Waals surface area contributed by atoms with Gasteiger partial charge in [-0.05, 0) is 81.1 Å². The lowest BCUT2D eigenvalue weighted by molar-refractivity contribution is -0.141. The van der Waals surface area contributed by atoms with Gasteiger partial charge in [-0.1, -0.05) is 42.5 Å². The van der Waals surface area contributed by atoms with Crippen molar-refractivity contribution >= 4 is 34.4 Å². The largest absolute Gasteiger partial charge is 0.508 e. The van der Waals surface area contributed by atoms with Gasteiger partial charge in [0.2, 0.25) is 5.91 Å². The predicted molar refractivity (Wildman–Crippen MR) is 142 cm³/mol. The quantitative estimate of drug-likeness (QED) is 0.414. The Hall–Kier alpha value is -4.07. The average Bonchev–Trinajstić information content (AvgIpc) is 3.66. The van der Waals surface area contributed by atoms with E-state index in [0.717, 1.165) is 23.6 Å². The molecule has 1 aliphatic carbocycles. The van der Waals surface area contributed by atoms with Gasteiger partial charge in [0, 0.05) is 11.7 Å². The minimum Gasteiger partial charge on any atom is -0.508 e. The molecule has 0 bridgehead atoms. The highest BCUT2D eigenvalue weighted by Crippen LogP contribution is 2.36. The molecule has 0 heterocycles. The summed E-state index contributed by atoms with van der Waals surface area (Å²) in [7, 11) is 0. The van der Waals surface area contributed by atoms with Gasteiger partial charge in [0.15, 0.2) is 0 Å². The van der Waals surface area contributed by atoms with Gasteiger partial charge in [-0.25, -0.2) is 4.79 Å². The number of hydrogen-bond acceptors (Lipinski definition) is 5. The molecule has 3 aromatic rings. The van der Waals surface area contributed by atoms with Crippen molar-refractivity contribution in [3.63, 3.8) is 0 Å². The first-order chi connectivity index (χ1) is 17.5. The minimum absolute atomic E-state index is 0.0571. The summed E-state index contributed by atoms with van der Waals surface area (Å²) >= 11 is 0. The highest BCUT2D eigenvalue weighted by Gasteiger charge is 2.43. The molecule has 0 saturated heterocycles. The summed E-state index contributed by atoms with van der Waals surface area (Å²) in [6.07, 6.45) is 0.803. The van der Waals surface area contributed by atoms with Crippen molar-refractivity contribution in [2.24, 2.45) is 0 Å². The summed E-state index contributed by atoms with van der Waals surface area (Å²) in [5, 5.41) is 17.4. The number of hydrogen-bond donors (Lipinski definition) is 3. The second kappa shape index (κ2) is 10.5. The molecule has 8 nitrogen and oxygen atoms in total. The third-order valence-corrected chi connectivity index (χ3v) is 6.05. The highest BCUT2D eigenvalue weighted by molar-refractivity contribution is 6.00. The van der Waals surface area contributed by atoms with Crippen LogP contribution in [0.2, 0.25) is 0 Å². The van der Waals surface area contributed by atoms with Crippen LogP contribution in [-0.2, 0) is 14.3 Å². The summed E-state index contributed by atoms with van der Waals surface area (Å²) in [5.41, 5.74) is 0.452. The fourth-order valence-electron chi connectivity index (χ4n) is 4.21. The molecule has 3 N–H and O–H groups in total. The molecule has 0 aromatic heterocycles. The number of benzene rings is 3. The third-order valence-electron chi connectivity index (χ3n) is 6.05. The average molecular weight is 504 g/mol. The summed E-state index contributed by atoms with van der Waals surface area (Å²) in [6.45, 7) is 6.81. The Kier molecular flexibility index (Phi) is 7.38. The molecule has 1 fully saturated rings. The highest BCUT2D eigenvalue weighted by atomic mass is 16.6. The molecule has 3 aromatic carbocycles. The van der Waals surface area contributed by atoms with Crippen molar-refractivity contribution in [3.05, 3.63) is 72.3 Å². The number of phenols is 1. The second-order valence-electron chi connectivity index (χ2n) is 10.4. The number of amides is 3. The van der Waals surface area contributed by atoms with Crippen LogP contribution >= 0.6 is 0 Å². The fraction of sp³-hybridized carbons (Fsp3) is 0.345. The second-order valence-corrected chi connectivity index (χ2v) is 10.4. The van der Waals surface area contributed by atoms with E-state index in [1.165, 1.54) is 12.1 Å². The molecule has 4 rings (SSSR count). The molecule has 37 heavy (non-hydrogen) atoms. The number of alkyl carbamates (subject to hydrolysis) is 1. The van der Waals surface area contributed by atoms with Crippen molar-refractivity contribution in [1.82, 2.24) is 10.2 Å². The Balaban J connectivity index is 1.63. The zero-order valence-electron chi connectivity index (χ0n) is 21.5. The number of carbonyl (C=O) groups excluding carboxylic acids is 3. The molecule has 0 spiro atoms. The van der Waals surface area contributed by atoms with Crippen LogP contribution < -0.4 is 10.6 Å². The monoisotopic (exact) mass is 503 g/mol. The van der Waals surface area contributed by atoms with Crippen LogP contribution in [0.3, 0.4) is 0 Å². The first kappa shape index (κ1) is 26.0. The zero-order valence-corrected chi connectivity index (χ0v) is 21.5. The number of phenolic OH excluding ortho intramolecular Hbond substituents is 1. The van der Waals surface area contributed by atoms with Crippen molar-refractivity contribution in [2.45, 2.75) is 64.3 Å². The van der Waals surface area contributed by atoms with Crippen molar-refractivity contribution in [3.8, 4) is 5.75 Å². The third kappa shape index (κ3) is 6.58. The van der Waals surface area contributed by atoms with Crippen LogP contribution in [0, 0.1) is 0 Å². The van der Waals surface area contributed by atoms with E-state index < -0.39 is 23.8 Å². The van der Waals surface area contributed by atoms with E-state index in [1.807, 2.05) is 42.5 Å². The Bertz CT molecular complexity index is 1290. The van der Waals surface area contributed by atoms with E-state index in [9.17, 15) is 19.5 Å². The smallest absolute Gasteiger partial charge is 0.408 e. The maximum atomic E-state index is 13.8. The SMILES string of the molecule is CC(NC(=O)OC(C)(C)C)C(=O)N(C1CC1)C(C(=O)Nc1ccc2ccccc2c1)c1ccc(O)cc1. The van der Waals surface area contributed by atoms with E-state index in [1.54, 1.807) is 44.7 Å². The number of rotatable bonds is 7. The molecule has 8 heteroatoms. The fourth-order valence-corrected chi connectivity index (χ4v) is 4.21. The maximum absolute atomic E-state index is 13.8. The summed E-state index contributed by atoms with van der Waals surface area (Å²) < 4.78 is 5.31. The minimum atomic E-state index is -0.963. The van der Waals surface area contributed by atoms with Crippen LogP contribution in [0.1, 0.15) is 52.1 Å². The summed E-state index contributed by atoms with van der Waals surface area (Å²) in [5.74, 6) is -0.715. The molecule has 2 unspecified atom stereocenters. The molecule has 0 radical (unpaired) electrons. The van der Waals surface area contributed by atoms with Crippen LogP contribution in [0.15, 0.2) is 66.7 Å². The molecule has 1 aliphatic rings. The number of anilines is 1. The van der Waals surface area contributed by atoms with E-state index in [-0.39, 0.29) is 23.6 Å². The lowest BCUT2D eigenvalue weighted by atomic mass is 10.0. The van der Waals surface area contributed by atoms with Gasteiger partial charge < -0.3 is 25.4 Å². The number of nitrogens with one attached hydrogen (secondary N) is 2. The van der Waals surface area contributed by atoms with Crippen molar-refractivity contribution in [1.29, 1.82) is 0 Å². The Morgan fingerprint density at radius 3 is 2.24 bits per heavy atom. The van der Waals surface area contributed by atoms with Gasteiger partial charge in [-0.3, -0.25) is 9.59 Å². The molecule has 0 aliphatic heterocycles. The topological polar surface area (TPSA) is 108 Å². The summed E-state index contributed by atoms with van der Waals surface area (Å²) in [6, 6.07) is 17.7. The number of nitrogens with zero attached hydrogens (tertiary/aromatic N) is 1. The summed E-state index contributed by atoms with van der Waals surface area (Å²) in [4.78, 5) is 41.3. The normalized spacial score (nSPS) is 14.9. The molecule has 1 saturated carbocycles. The number of aromatic hydroxyl groups is 1. The molecule has 194 valence electrons. The lowest BCUT2D eigenvalue weighted by Gasteiger charge is -2.34. The van der Waals surface area contributed by atoms with Crippen LogP contribution in [0.5, 0.6) is 5.75 Å². The first-order valence-corrected chi connectivity index (χ1v) is 12.4. The number of fused-ring (bicyclic) bond motifs is 1. The van der Waals surface area contributed by atoms with Crippen molar-refractivity contribution in [2.75, 3.05) is 5.32 Å². The van der Waals surface area contributed by atoms with Crippen molar-refractivity contribution < 1.29 is 24.2 Å². The maximum Gasteiger partial charge on any atom is 0.408 e. The van der Waals surface area contributed by atoms with Gasteiger partial charge in [-0.15, -0.1) is 0 Å². The van der Waals surface area contributed by atoms with Gasteiger partial charge in [-0.2, -0.15) is 0 Å². The molecular formula is C29H33N3O5. The van der Waals surface area contributed by atoms with Gasteiger partial charge >= 0.3 is 6.09 Å². The molecule has 2 atom stereocenters. The first-order valence-electron chi connectivity index (χ1n) is 12.4. The Morgan fingerprint density at radius 2 is 1.62 bits per heavy atom. The lowest BCUT2D eigenvalue weighted by Crippen LogP contribution is -2.52. The van der Waals surface area contributed by atoms with Gasteiger partial charge in [0.1, 0.15) is 23.4 Å². The molecule has 3 amide bonds. The molecular weight excluding hydrogens is 470 g/mol. The standard InChI is InChI=1S/C29H33N3O5/c1-18(30-28(36)37-29(2,3)4)27(35)32(23-13-14-23)25(20-10-15-24(33)16-11-20)26(34)31-22-12-9-19-7-5-6-8-21(19)17-22/h5-12,15-18,23,25,33H,13-14H2,1-4H3,(H,30,36)(H,31,34). The van der Waals surface area contributed by atoms with E-state index in [2.05, 4.69) is 10.6 Å². The zero-order chi connectivity index (χ0) is 26.7.